The van der Waals surface area contributed by atoms with Crippen LogP contribution in [0.5, 0.6) is 0 Å². The van der Waals surface area contributed by atoms with Crippen LogP contribution in [0.25, 0.3) is 10.9 Å². The Morgan fingerprint density at radius 1 is 1.35 bits per heavy atom. The minimum absolute atomic E-state index is 0.0837. The molecule has 1 unspecified atom stereocenters. The number of H-pyrrole nitrogens is 2. The maximum absolute atomic E-state index is 12.0. The summed E-state index contributed by atoms with van der Waals surface area (Å²) in [7, 11) is 0. The third-order valence-corrected chi connectivity index (χ3v) is 3.18. The van der Waals surface area contributed by atoms with E-state index in [4.69, 9.17) is 0 Å². The number of hydrogen-bond donors (Lipinski definition) is 3. The van der Waals surface area contributed by atoms with Gasteiger partial charge < -0.3 is 10.3 Å². The monoisotopic (exact) mass is 270 g/mol. The fourth-order valence-corrected chi connectivity index (χ4v) is 2.03. The second-order valence-electron chi connectivity index (χ2n) is 4.58. The molecule has 102 valence electrons. The fraction of sp³-hybridized carbons (Fsp3) is 0.231. The van der Waals surface area contributed by atoms with E-state index < -0.39 is 0 Å². The van der Waals surface area contributed by atoms with E-state index in [1.807, 2.05) is 37.3 Å². The third-order valence-electron chi connectivity index (χ3n) is 3.18. The van der Waals surface area contributed by atoms with E-state index in [2.05, 4.69) is 30.9 Å². The molecule has 20 heavy (non-hydrogen) atoms. The summed E-state index contributed by atoms with van der Waals surface area (Å²) in [6, 6.07) is 9.51. The van der Waals surface area contributed by atoms with Gasteiger partial charge in [0.1, 0.15) is 0 Å². The van der Waals surface area contributed by atoms with Crippen LogP contribution < -0.4 is 10.9 Å². The minimum Gasteiger partial charge on any atom is -0.322 e. The van der Waals surface area contributed by atoms with Crippen molar-refractivity contribution in [3.63, 3.8) is 0 Å². The Morgan fingerprint density at radius 2 is 2.20 bits per heavy atom. The zero-order chi connectivity index (χ0) is 13.9. The normalized spacial score (nSPS) is 12.7. The molecule has 0 fully saturated rings. The summed E-state index contributed by atoms with van der Waals surface area (Å²) >= 11 is 0. The van der Waals surface area contributed by atoms with Gasteiger partial charge in [0, 0.05) is 17.6 Å². The van der Waals surface area contributed by atoms with Gasteiger partial charge in [-0.3, -0.25) is 4.79 Å². The molecule has 0 saturated carbocycles. The molecular formula is C13H14N6O. The highest BCUT2D eigenvalue weighted by atomic mass is 16.1. The summed E-state index contributed by atoms with van der Waals surface area (Å²) in [6.07, 6.45) is 0. The van der Waals surface area contributed by atoms with Crippen molar-refractivity contribution in [1.82, 2.24) is 30.9 Å². The van der Waals surface area contributed by atoms with Gasteiger partial charge in [-0.1, -0.05) is 23.4 Å². The molecule has 7 nitrogen and oxygen atoms in total. The van der Waals surface area contributed by atoms with Crippen LogP contribution in [0.4, 0.5) is 0 Å². The molecule has 0 aliphatic heterocycles. The lowest BCUT2D eigenvalue weighted by Crippen LogP contribution is -2.24. The van der Waals surface area contributed by atoms with E-state index in [0.29, 0.717) is 17.9 Å². The van der Waals surface area contributed by atoms with Gasteiger partial charge in [0.2, 0.25) is 0 Å². The van der Waals surface area contributed by atoms with Crippen molar-refractivity contribution in [2.45, 2.75) is 19.5 Å². The number of pyridine rings is 1. The number of para-hydroxylation sites is 1. The Kier molecular flexibility index (Phi) is 3.26. The first kappa shape index (κ1) is 12.5. The molecule has 1 atom stereocenters. The zero-order valence-corrected chi connectivity index (χ0v) is 10.9. The predicted molar refractivity (Wildman–Crippen MR) is 74.0 cm³/mol. The Labute approximate surface area is 114 Å². The maximum atomic E-state index is 12.0. The number of rotatable bonds is 4. The lowest BCUT2D eigenvalue weighted by atomic mass is 10.1. The maximum Gasteiger partial charge on any atom is 0.252 e. The van der Waals surface area contributed by atoms with Gasteiger partial charge in [-0.25, -0.2) is 0 Å². The van der Waals surface area contributed by atoms with Crippen LogP contribution in [0.3, 0.4) is 0 Å². The van der Waals surface area contributed by atoms with Crippen LogP contribution in [0.1, 0.15) is 24.4 Å². The zero-order valence-electron chi connectivity index (χ0n) is 10.9. The molecule has 0 bridgehead atoms. The molecule has 0 aliphatic rings. The number of tetrazole rings is 1. The van der Waals surface area contributed by atoms with Crippen molar-refractivity contribution >= 4 is 10.9 Å². The van der Waals surface area contributed by atoms with E-state index in [1.165, 1.54) is 0 Å². The standard InChI is InChI=1S/C13H14N6O/c1-8(12-16-18-19-17-12)14-7-10-6-9-4-2-3-5-11(9)15-13(10)20/h2-6,8,14H,7H2,1H3,(H,15,20)(H,16,17,18,19). The molecule has 2 heterocycles. The second-order valence-corrected chi connectivity index (χ2v) is 4.58. The van der Waals surface area contributed by atoms with Gasteiger partial charge >= 0.3 is 0 Å². The van der Waals surface area contributed by atoms with Crippen molar-refractivity contribution in [3.05, 3.63) is 52.1 Å². The van der Waals surface area contributed by atoms with Crippen LogP contribution >= 0.6 is 0 Å². The van der Waals surface area contributed by atoms with E-state index in [9.17, 15) is 4.79 Å². The molecule has 0 radical (unpaired) electrons. The van der Waals surface area contributed by atoms with Crippen molar-refractivity contribution in [1.29, 1.82) is 0 Å². The Balaban J connectivity index is 1.80. The Hall–Kier alpha value is -2.54. The smallest absolute Gasteiger partial charge is 0.252 e. The quantitative estimate of drug-likeness (QED) is 0.654. The second kappa shape index (κ2) is 5.22. The van der Waals surface area contributed by atoms with Crippen molar-refractivity contribution < 1.29 is 0 Å². The van der Waals surface area contributed by atoms with Gasteiger partial charge in [-0.15, -0.1) is 10.2 Å². The van der Waals surface area contributed by atoms with Crippen LogP contribution in [0.2, 0.25) is 0 Å². The third kappa shape index (κ3) is 2.43. The molecule has 2 aromatic heterocycles. The van der Waals surface area contributed by atoms with E-state index in [0.717, 1.165) is 10.9 Å². The number of benzene rings is 1. The highest BCUT2D eigenvalue weighted by Crippen LogP contribution is 2.11. The first-order valence-corrected chi connectivity index (χ1v) is 6.32. The molecule has 0 aliphatic carbocycles. The van der Waals surface area contributed by atoms with Crippen molar-refractivity contribution in [3.8, 4) is 0 Å². The topological polar surface area (TPSA) is 99.4 Å². The van der Waals surface area contributed by atoms with Gasteiger partial charge in [0.15, 0.2) is 5.82 Å². The molecule has 3 N–H and O–H groups in total. The summed E-state index contributed by atoms with van der Waals surface area (Å²) in [5.74, 6) is 0.571. The molecule has 3 rings (SSSR count). The molecule has 3 aromatic rings. The SMILES string of the molecule is CC(NCc1cc2ccccc2[nH]c1=O)c1nn[nH]n1. The highest BCUT2D eigenvalue weighted by Gasteiger charge is 2.10. The largest absolute Gasteiger partial charge is 0.322 e. The number of fused-ring (bicyclic) bond motifs is 1. The van der Waals surface area contributed by atoms with E-state index in [1.54, 1.807) is 0 Å². The van der Waals surface area contributed by atoms with Gasteiger partial charge in [0.05, 0.1) is 6.04 Å². The number of aromatic amines is 2. The Morgan fingerprint density at radius 3 is 3.00 bits per heavy atom. The predicted octanol–water partition coefficient (Wildman–Crippen LogP) is 0.892. The van der Waals surface area contributed by atoms with Crippen molar-refractivity contribution in [2.75, 3.05) is 0 Å². The van der Waals surface area contributed by atoms with E-state index >= 15 is 0 Å². The first-order valence-electron chi connectivity index (χ1n) is 6.32. The van der Waals surface area contributed by atoms with Crippen LogP contribution in [0, 0.1) is 0 Å². The summed E-state index contributed by atoms with van der Waals surface area (Å²) in [5.41, 5.74) is 1.43. The minimum atomic E-state index is -0.0866. The molecule has 7 heteroatoms. The van der Waals surface area contributed by atoms with Gasteiger partial charge in [0.25, 0.3) is 5.56 Å². The van der Waals surface area contributed by atoms with Crippen molar-refractivity contribution in [2.24, 2.45) is 0 Å². The molecule has 1 aromatic carbocycles. The first-order chi connectivity index (χ1) is 9.74. The summed E-state index contributed by atoms with van der Waals surface area (Å²) < 4.78 is 0. The average Bonchev–Trinajstić information content (AvgIpc) is 2.99. The molecular weight excluding hydrogens is 256 g/mol. The Bertz CT molecular complexity index is 764. The molecule has 0 amide bonds. The van der Waals surface area contributed by atoms with E-state index in [-0.39, 0.29) is 11.6 Å². The lowest BCUT2D eigenvalue weighted by molar-refractivity contribution is 0.545. The van der Waals surface area contributed by atoms with Gasteiger partial charge in [-0.2, -0.15) is 5.21 Å². The molecule has 0 saturated heterocycles. The summed E-state index contributed by atoms with van der Waals surface area (Å²) in [4.78, 5) is 14.9. The van der Waals surface area contributed by atoms with Crippen LogP contribution in [-0.2, 0) is 6.54 Å². The number of hydrogen-bond acceptors (Lipinski definition) is 5. The number of nitrogens with one attached hydrogen (secondary N) is 3. The fourth-order valence-electron chi connectivity index (χ4n) is 2.03. The van der Waals surface area contributed by atoms with Crippen LogP contribution in [0.15, 0.2) is 35.1 Å². The number of nitrogens with zero attached hydrogens (tertiary/aromatic N) is 3. The highest BCUT2D eigenvalue weighted by molar-refractivity contribution is 5.78. The number of aromatic nitrogens is 5. The lowest BCUT2D eigenvalue weighted by Gasteiger charge is -2.09. The molecule has 0 spiro atoms. The van der Waals surface area contributed by atoms with Gasteiger partial charge in [-0.05, 0) is 24.4 Å². The average molecular weight is 270 g/mol. The summed E-state index contributed by atoms with van der Waals surface area (Å²) in [6.45, 7) is 2.36. The van der Waals surface area contributed by atoms with Crippen LogP contribution in [-0.4, -0.2) is 25.6 Å². The summed E-state index contributed by atoms with van der Waals surface area (Å²) in [5, 5.41) is 17.9.